The van der Waals surface area contributed by atoms with E-state index in [9.17, 15) is 17.6 Å². The molecular weight excluding hydrogens is 264 g/mol. The molecule has 1 N–H and O–H groups in total. The van der Waals surface area contributed by atoms with E-state index in [1.807, 2.05) is 0 Å². The summed E-state index contributed by atoms with van der Waals surface area (Å²) in [6, 6.07) is 0. The molecule has 0 saturated carbocycles. The summed E-state index contributed by atoms with van der Waals surface area (Å²) in [7, 11) is -2.80. The van der Waals surface area contributed by atoms with Crippen molar-refractivity contribution in [1.29, 1.82) is 0 Å². The van der Waals surface area contributed by atoms with Crippen molar-refractivity contribution in [3.8, 4) is 5.75 Å². The first kappa shape index (κ1) is 15.0. The van der Waals surface area contributed by atoms with Gasteiger partial charge in [-0.1, -0.05) is 33.9 Å². The molecule has 0 amide bonds. The molecular formula is C12H16F4OSi. The molecule has 0 aliphatic heterocycles. The molecule has 0 spiro atoms. The standard InChI is InChI=1S/C12H16F4OSi/c1-12(2,3)18(4,5)11-8(15)6(13)10(17)7(14)9(11)16/h17H,1-5H3. The van der Waals surface area contributed by atoms with Crippen LogP contribution in [0.1, 0.15) is 20.8 Å². The number of halogens is 4. The molecule has 1 rings (SSSR count). The number of hydrogen-bond donors (Lipinski definition) is 1. The van der Waals surface area contributed by atoms with Crippen molar-refractivity contribution < 1.29 is 22.7 Å². The van der Waals surface area contributed by atoms with E-state index < -0.39 is 47.3 Å². The normalized spacial score (nSPS) is 12.9. The highest BCUT2D eigenvalue weighted by atomic mass is 28.3. The van der Waals surface area contributed by atoms with Crippen molar-refractivity contribution in [1.82, 2.24) is 0 Å². The summed E-state index contributed by atoms with van der Waals surface area (Å²) in [4.78, 5) is 0. The first-order valence-corrected chi connectivity index (χ1v) is 8.48. The summed E-state index contributed by atoms with van der Waals surface area (Å²) in [5.41, 5.74) is 0. The van der Waals surface area contributed by atoms with E-state index in [-0.39, 0.29) is 0 Å². The maximum absolute atomic E-state index is 13.8. The van der Waals surface area contributed by atoms with Gasteiger partial charge in [-0.15, -0.1) is 0 Å². The van der Waals surface area contributed by atoms with E-state index in [2.05, 4.69) is 0 Å². The Labute approximate surface area is 104 Å². The fourth-order valence-electron chi connectivity index (χ4n) is 1.54. The monoisotopic (exact) mass is 280 g/mol. The Morgan fingerprint density at radius 2 is 1.17 bits per heavy atom. The van der Waals surface area contributed by atoms with Crippen LogP contribution in [0, 0.1) is 23.3 Å². The molecule has 6 heteroatoms. The minimum Gasteiger partial charge on any atom is -0.503 e. The number of phenolic OH excluding ortho intramolecular Hbond substituents is 1. The van der Waals surface area contributed by atoms with Gasteiger partial charge < -0.3 is 5.11 Å². The summed E-state index contributed by atoms with van der Waals surface area (Å²) >= 11 is 0. The van der Waals surface area contributed by atoms with Gasteiger partial charge in [0.2, 0.25) is 11.6 Å². The molecule has 0 heterocycles. The third-order valence-electron chi connectivity index (χ3n) is 3.74. The maximum Gasteiger partial charge on any atom is 0.203 e. The van der Waals surface area contributed by atoms with Crippen molar-refractivity contribution >= 4 is 13.3 Å². The lowest BCUT2D eigenvalue weighted by atomic mass is 10.2. The van der Waals surface area contributed by atoms with Crippen molar-refractivity contribution in [3.05, 3.63) is 23.3 Å². The number of hydrogen-bond acceptors (Lipinski definition) is 1. The molecule has 0 fully saturated rings. The van der Waals surface area contributed by atoms with Gasteiger partial charge in [-0.25, -0.2) is 8.78 Å². The van der Waals surface area contributed by atoms with Crippen molar-refractivity contribution in [3.63, 3.8) is 0 Å². The van der Waals surface area contributed by atoms with Gasteiger partial charge >= 0.3 is 0 Å². The summed E-state index contributed by atoms with van der Waals surface area (Å²) in [5.74, 6) is -8.04. The predicted molar refractivity (Wildman–Crippen MR) is 64.8 cm³/mol. The zero-order valence-electron chi connectivity index (χ0n) is 11.0. The quantitative estimate of drug-likeness (QED) is 0.473. The minimum atomic E-state index is -2.80. The van der Waals surface area contributed by atoms with Gasteiger partial charge in [-0.2, -0.15) is 8.78 Å². The van der Waals surface area contributed by atoms with E-state index in [1.54, 1.807) is 33.9 Å². The van der Waals surface area contributed by atoms with Crippen molar-refractivity contribution in [2.24, 2.45) is 0 Å². The van der Waals surface area contributed by atoms with Crippen LogP contribution in [0.4, 0.5) is 17.6 Å². The Morgan fingerprint density at radius 3 is 1.44 bits per heavy atom. The third kappa shape index (κ3) is 2.02. The average molecular weight is 280 g/mol. The van der Waals surface area contributed by atoms with Crippen LogP contribution in [0.3, 0.4) is 0 Å². The molecule has 0 atom stereocenters. The average Bonchev–Trinajstić information content (AvgIpc) is 2.22. The van der Waals surface area contributed by atoms with Gasteiger partial charge in [-0.3, -0.25) is 0 Å². The second-order valence-corrected chi connectivity index (χ2v) is 11.1. The van der Waals surface area contributed by atoms with E-state index >= 15 is 0 Å². The van der Waals surface area contributed by atoms with Crippen LogP contribution in [0.5, 0.6) is 5.75 Å². The first-order valence-electron chi connectivity index (χ1n) is 5.48. The first-order chi connectivity index (χ1) is 7.93. The van der Waals surface area contributed by atoms with Crippen LogP contribution in [0.15, 0.2) is 0 Å². The zero-order chi connectivity index (χ0) is 14.5. The lowest BCUT2D eigenvalue weighted by molar-refractivity contribution is 0.359. The number of benzene rings is 1. The summed E-state index contributed by atoms with van der Waals surface area (Å²) in [6.45, 7) is 8.55. The summed E-state index contributed by atoms with van der Waals surface area (Å²) < 4.78 is 54.3. The number of rotatable bonds is 1. The Hall–Kier alpha value is -1.04. The van der Waals surface area contributed by atoms with Gasteiger partial charge in [-0.05, 0) is 5.04 Å². The Bertz CT molecular complexity index is 463. The van der Waals surface area contributed by atoms with E-state index in [0.717, 1.165) is 0 Å². The topological polar surface area (TPSA) is 20.2 Å². The van der Waals surface area contributed by atoms with Gasteiger partial charge in [0, 0.05) is 5.19 Å². The Balaban J connectivity index is 3.72. The highest BCUT2D eigenvalue weighted by Crippen LogP contribution is 2.38. The zero-order valence-corrected chi connectivity index (χ0v) is 12.0. The smallest absolute Gasteiger partial charge is 0.203 e. The second kappa shape index (κ2) is 4.26. The fourth-order valence-corrected chi connectivity index (χ4v) is 3.61. The van der Waals surface area contributed by atoms with Crippen LogP contribution >= 0.6 is 0 Å². The molecule has 0 radical (unpaired) electrons. The van der Waals surface area contributed by atoms with E-state index in [1.165, 1.54) is 0 Å². The lowest BCUT2D eigenvalue weighted by Crippen LogP contribution is -2.53. The largest absolute Gasteiger partial charge is 0.503 e. The van der Waals surface area contributed by atoms with Crippen molar-refractivity contribution in [2.75, 3.05) is 0 Å². The lowest BCUT2D eigenvalue weighted by Gasteiger charge is -2.37. The van der Waals surface area contributed by atoms with Gasteiger partial charge in [0.25, 0.3) is 0 Å². The van der Waals surface area contributed by atoms with Gasteiger partial charge in [0.15, 0.2) is 17.4 Å². The molecule has 0 aliphatic rings. The Kier molecular flexibility index (Phi) is 3.55. The molecule has 0 aliphatic carbocycles. The molecule has 0 bridgehead atoms. The second-order valence-electron chi connectivity index (χ2n) is 5.85. The molecule has 18 heavy (non-hydrogen) atoms. The number of phenols is 1. The summed E-state index contributed by atoms with van der Waals surface area (Å²) in [6.07, 6.45) is 0. The fraction of sp³-hybridized carbons (Fsp3) is 0.500. The minimum absolute atomic E-state index is 0.496. The maximum atomic E-state index is 13.8. The molecule has 1 aromatic rings. The molecule has 1 nitrogen and oxygen atoms in total. The molecule has 0 saturated heterocycles. The van der Waals surface area contributed by atoms with Crippen LogP contribution in [-0.4, -0.2) is 13.2 Å². The number of aromatic hydroxyl groups is 1. The highest BCUT2D eigenvalue weighted by molar-refractivity contribution is 6.92. The summed E-state index contributed by atoms with van der Waals surface area (Å²) in [5, 5.41) is 7.90. The van der Waals surface area contributed by atoms with Crippen molar-refractivity contribution in [2.45, 2.75) is 38.9 Å². The van der Waals surface area contributed by atoms with Gasteiger partial charge in [0.1, 0.15) is 0 Å². The van der Waals surface area contributed by atoms with Crippen LogP contribution in [0.2, 0.25) is 18.1 Å². The van der Waals surface area contributed by atoms with E-state index in [4.69, 9.17) is 5.11 Å². The van der Waals surface area contributed by atoms with Gasteiger partial charge in [0.05, 0.1) is 8.07 Å². The molecule has 102 valence electrons. The predicted octanol–water partition coefficient (Wildman–Crippen LogP) is 3.66. The van der Waals surface area contributed by atoms with E-state index in [0.29, 0.717) is 0 Å². The third-order valence-corrected chi connectivity index (χ3v) is 9.18. The Morgan fingerprint density at radius 1 is 0.833 bits per heavy atom. The van der Waals surface area contributed by atoms with Crippen LogP contribution in [0.25, 0.3) is 0 Å². The highest BCUT2D eigenvalue weighted by Gasteiger charge is 2.43. The SMILES string of the molecule is CC(C)(C)[Si](C)(C)c1c(F)c(F)c(O)c(F)c1F. The van der Waals surface area contributed by atoms with Crippen LogP contribution < -0.4 is 5.19 Å². The molecule has 0 unspecified atom stereocenters. The molecule has 1 aromatic carbocycles. The van der Waals surface area contributed by atoms with Crippen LogP contribution in [-0.2, 0) is 0 Å². The molecule has 0 aromatic heterocycles.